The fraction of sp³-hybridized carbons (Fsp3) is 1.00. The predicted octanol–water partition coefficient (Wildman–Crippen LogP) is 2.11. The molecule has 0 spiro atoms. The Morgan fingerprint density at radius 3 is 2.67 bits per heavy atom. The van der Waals surface area contributed by atoms with Gasteiger partial charge in [0, 0.05) is 13.1 Å². The Labute approximate surface area is 94.4 Å². The van der Waals surface area contributed by atoms with Gasteiger partial charge in [0.05, 0.1) is 0 Å². The molecule has 0 unspecified atom stereocenters. The molecule has 2 fully saturated rings. The molecule has 88 valence electrons. The van der Waals surface area contributed by atoms with Crippen LogP contribution in [-0.2, 0) is 0 Å². The molecule has 0 bridgehead atoms. The maximum absolute atomic E-state index is 3.45. The molecule has 2 nitrogen and oxygen atoms in total. The molecule has 0 aliphatic carbocycles. The van der Waals surface area contributed by atoms with Crippen molar-refractivity contribution in [3.63, 3.8) is 0 Å². The van der Waals surface area contributed by atoms with Gasteiger partial charge in [-0.15, -0.1) is 0 Å². The summed E-state index contributed by atoms with van der Waals surface area (Å²) in [6.07, 6.45) is 7.07. The van der Waals surface area contributed by atoms with Gasteiger partial charge in [0.15, 0.2) is 0 Å². The standard InChI is InChI=1S/C13H26N2/c1-2-3-12-6-9-15(10-12)11-13-4-7-14-8-5-13/h12-14H,2-11H2,1H3/t12-/m1/s1. The molecular formula is C13H26N2. The minimum Gasteiger partial charge on any atom is -0.317 e. The molecule has 1 atom stereocenters. The van der Waals surface area contributed by atoms with Crippen LogP contribution in [0.4, 0.5) is 0 Å². The third kappa shape index (κ3) is 3.46. The first-order chi connectivity index (χ1) is 7.38. The molecule has 2 rings (SSSR count). The van der Waals surface area contributed by atoms with Crippen LogP contribution < -0.4 is 5.32 Å². The molecule has 2 heterocycles. The first-order valence-corrected chi connectivity index (χ1v) is 6.81. The van der Waals surface area contributed by atoms with Gasteiger partial charge >= 0.3 is 0 Å². The number of hydrogen-bond acceptors (Lipinski definition) is 2. The zero-order valence-electron chi connectivity index (χ0n) is 10.2. The lowest BCUT2D eigenvalue weighted by molar-refractivity contribution is 0.233. The van der Waals surface area contributed by atoms with Gasteiger partial charge in [0.25, 0.3) is 0 Å². The lowest BCUT2D eigenvalue weighted by Crippen LogP contribution is -2.35. The second-order valence-corrected chi connectivity index (χ2v) is 5.40. The highest BCUT2D eigenvalue weighted by Crippen LogP contribution is 2.23. The van der Waals surface area contributed by atoms with Gasteiger partial charge in [-0.05, 0) is 57.2 Å². The second kappa shape index (κ2) is 5.86. The number of likely N-dealkylation sites (tertiary alicyclic amines) is 1. The summed E-state index contributed by atoms with van der Waals surface area (Å²) in [6, 6.07) is 0. The molecule has 0 radical (unpaired) electrons. The maximum Gasteiger partial charge on any atom is 0.00107 e. The smallest absolute Gasteiger partial charge is 0.00107 e. The molecule has 0 amide bonds. The molecule has 2 saturated heterocycles. The van der Waals surface area contributed by atoms with Crippen LogP contribution in [0, 0.1) is 11.8 Å². The van der Waals surface area contributed by atoms with Gasteiger partial charge in [0.1, 0.15) is 0 Å². The van der Waals surface area contributed by atoms with Crippen molar-refractivity contribution >= 4 is 0 Å². The quantitative estimate of drug-likeness (QED) is 0.764. The molecule has 0 aromatic heterocycles. The molecular weight excluding hydrogens is 184 g/mol. The van der Waals surface area contributed by atoms with Gasteiger partial charge in [-0.2, -0.15) is 0 Å². The maximum atomic E-state index is 3.45. The van der Waals surface area contributed by atoms with Gasteiger partial charge in [0.2, 0.25) is 0 Å². The largest absolute Gasteiger partial charge is 0.317 e. The van der Waals surface area contributed by atoms with E-state index < -0.39 is 0 Å². The summed E-state index contributed by atoms with van der Waals surface area (Å²) in [7, 11) is 0. The van der Waals surface area contributed by atoms with Crippen molar-refractivity contribution in [2.24, 2.45) is 11.8 Å². The van der Waals surface area contributed by atoms with E-state index in [1.807, 2.05) is 0 Å². The zero-order chi connectivity index (χ0) is 10.5. The molecule has 1 N–H and O–H groups in total. The van der Waals surface area contributed by atoms with Crippen molar-refractivity contribution < 1.29 is 0 Å². The van der Waals surface area contributed by atoms with E-state index in [4.69, 9.17) is 0 Å². The minimum absolute atomic E-state index is 0.978. The van der Waals surface area contributed by atoms with Crippen LogP contribution in [0.3, 0.4) is 0 Å². The van der Waals surface area contributed by atoms with Crippen LogP contribution in [0.1, 0.15) is 39.0 Å². The SMILES string of the molecule is CCC[C@@H]1CCN(CC2CCNCC2)C1. The Morgan fingerprint density at radius 2 is 1.93 bits per heavy atom. The molecule has 2 aliphatic rings. The molecule has 0 saturated carbocycles. The fourth-order valence-electron chi connectivity index (χ4n) is 3.15. The summed E-state index contributed by atoms with van der Waals surface area (Å²) in [6.45, 7) is 8.94. The summed E-state index contributed by atoms with van der Waals surface area (Å²) < 4.78 is 0. The third-order valence-corrected chi connectivity index (χ3v) is 4.04. The van der Waals surface area contributed by atoms with Crippen molar-refractivity contribution in [1.29, 1.82) is 0 Å². The third-order valence-electron chi connectivity index (χ3n) is 4.04. The van der Waals surface area contributed by atoms with Crippen molar-refractivity contribution in [3.8, 4) is 0 Å². The minimum atomic E-state index is 0.978. The topological polar surface area (TPSA) is 15.3 Å². The monoisotopic (exact) mass is 210 g/mol. The molecule has 15 heavy (non-hydrogen) atoms. The van der Waals surface area contributed by atoms with Crippen molar-refractivity contribution in [3.05, 3.63) is 0 Å². The van der Waals surface area contributed by atoms with Gasteiger partial charge in [-0.25, -0.2) is 0 Å². The van der Waals surface area contributed by atoms with E-state index in [9.17, 15) is 0 Å². The summed E-state index contributed by atoms with van der Waals surface area (Å²) in [5.74, 6) is 1.99. The number of nitrogens with one attached hydrogen (secondary N) is 1. The van der Waals surface area contributed by atoms with Crippen molar-refractivity contribution in [2.75, 3.05) is 32.7 Å². The number of nitrogens with zero attached hydrogens (tertiary/aromatic N) is 1. The number of piperidine rings is 1. The average Bonchev–Trinajstić information content (AvgIpc) is 2.68. The lowest BCUT2D eigenvalue weighted by Gasteiger charge is -2.27. The number of hydrogen-bond donors (Lipinski definition) is 1. The van der Waals surface area contributed by atoms with E-state index in [1.165, 1.54) is 64.8 Å². The van der Waals surface area contributed by atoms with E-state index in [1.54, 1.807) is 0 Å². The van der Waals surface area contributed by atoms with Crippen LogP contribution in [0.2, 0.25) is 0 Å². The van der Waals surface area contributed by atoms with Gasteiger partial charge < -0.3 is 10.2 Å². The van der Waals surface area contributed by atoms with E-state index in [0.29, 0.717) is 0 Å². The fourth-order valence-corrected chi connectivity index (χ4v) is 3.15. The van der Waals surface area contributed by atoms with Gasteiger partial charge in [-0.3, -0.25) is 0 Å². The predicted molar refractivity (Wildman–Crippen MR) is 65.0 cm³/mol. The molecule has 0 aromatic carbocycles. The van der Waals surface area contributed by atoms with Crippen molar-refractivity contribution in [2.45, 2.75) is 39.0 Å². The summed E-state index contributed by atoms with van der Waals surface area (Å²) >= 11 is 0. The van der Waals surface area contributed by atoms with Crippen LogP contribution in [0.5, 0.6) is 0 Å². The van der Waals surface area contributed by atoms with Crippen molar-refractivity contribution in [1.82, 2.24) is 10.2 Å². The normalized spacial score (nSPS) is 29.8. The van der Waals surface area contributed by atoms with E-state index >= 15 is 0 Å². The molecule has 0 aromatic rings. The summed E-state index contributed by atoms with van der Waals surface area (Å²) in [5, 5.41) is 3.45. The van der Waals surface area contributed by atoms with E-state index in [0.717, 1.165) is 11.8 Å². The zero-order valence-corrected chi connectivity index (χ0v) is 10.2. The molecule has 2 aliphatic heterocycles. The Bertz CT molecular complexity index is 175. The van der Waals surface area contributed by atoms with Crippen LogP contribution >= 0.6 is 0 Å². The highest BCUT2D eigenvalue weighted by Gasteiger charge is 2.24. The van der Waals surface area contributed by atoms with Gasteiger partial charge in [-0.1, -0.05) is 13.3 Å². The Hall–Kier alpha value is -0.0800. The first-order valence-electron chi connectivity index (χ1n) is 6.81. The Morgan fingerprint density at radius 1 is 1.13 bits per heavy atom. The lowest BCUT2D eigenvalue weighted by atomic mass is 9.97. The average molecular weight is 210 g/mol. The highest BCUT2D eigenvalue weighted by molar-refractivity contribution is 4.79. The Balaban J connectivity index is 1.67. The molecule has 2 heteroatoms. The summed E-state index contributed by atoms with van der Waals surface area (Å²) in [4.78, 5) is 2.72. The van der Waals surface area contributed by atoms with E-state index in [2.05, 4.69) is 17.1 Å². The first kappa shape index (κ1) is 11.4. The summed E-state index contributed by atoms with van der Waals surface area (Å²) in [5.41, 5.74) is 0. The van der Waals surface area contributed by atoms with Crippen LogP contribution in [0.15, 0.2) is 0 Å². The number of rotatable bonds is 4. The second-order valence-electron chi connectivity index (χ2n) is 5.40. The highest BCUT2D eigenvalue weighted by atomic mass is 15.1. The van der Waals surface area contributed by atoms with Crippen LogP contribution in [-0.4, -0.2) is 37.6 Å². The Kier molecular flexibility index (Phi) is 4.45. The van der Waals surface area contributed by atoms with E-state index in [-0.39, 0.29) is 0 Å². The van der Waals surface area contributed by atoms with Crippen LogP contribution in [0.25, 0.3) is 0 Å².